The number of hydrogen-bond acceptors (Lipinski definition) is 7. The Morgan fingerprint density at radius 3 is 3.04 bits per heavy atom. The molecular weight excluding hydrogens is 351 g/mol. The van der Waals surface area contributed by atoms with Gasteiger partial charge in [-0.3, -0.25) is 5.10 Å². The molecule has 9 heteroatoms. The van der Waals surface area contributed by atoms with Crippen LogP contribution in [0.3, 0.4) is 0 Å². The highest BCUT2D eigenvalue weighted by molar-refractivity contribution is 5.89. The van der Waals surface area contributed by atoms with E-state index in [1.165, 1.54) is 6.07 Å². The quantitative estimate of drug-likeness (QED) is 0.629. The molecule has 0 aromatic carbocycles. The number of H-pyrrole nitrogens is 1. The number of aromatic amines is 1. The maximum absolute atomic E-state index is 14.5. The molecule has 142 valence electrons. The summed E-state index contributed by atoms with van der Waals surface area (Å²) < 4.78 is 19.7. The molecule has 5 rings (SSSR count). The van der Waals surface area contributed by atoms with Crippen molar-refractivity contribution in [1.29, 1.82) is 0 Å². The van der Waals surface area contributed by atoms with Gasteiger partial charge in [0.1, 0.15) is 17.1 Å². The van der Waals surface area contributed by atoms with Gasteiger partial charge in [-0.2, -0.15) is 5.10 Å². The summed E-state index contributed by atoms with van der Waals surface area (Å²) in [6.07, 6.45) is 1.64. The first kappa shape index (κ1) is 16.5. The van der Waals surface area contributed by atoms with Gasteiger partial charge in [-0.25, -0.2) is 14.4 Å². The van der Waals surface area contributed by atoms with Crippen LogP contribution in [-0.4, -0.2) is 69.8 Å². The summed E-state index contributed by atoms with van der Waals surface area (Å²) in [4.78, 5) is 10.8. The number of fused-ring (bicyclic) bond motifs is 1. The molecule has 2 aliphatic rings. The topological polar surface area (TPSA) is 99.2 Å². The van der Waals surface area contributed by atoms with Gasteiger partial charge in [-0.15, -0.1) is 0 Å². The Morgan fingerprint density at radius 2 is 2.22 bits per heavy atom. The predicted octanol–water partition coefficient (Wildman–Crippen LogP) is 0.944. The molecule has 2 aliphatic heterocycles. The Balaban J connectivity index is 0.00000192. The minimum Gasteiger partial charge on any atom is -0.383 e. The summed E-state index contributed by atoms with van der Waals surface area (Å²) in [5.74, 6) is 0.235. The van der Waals surface area contributed by atoms with Crippen LogP contribution in [0, 0.1) is 5.82 Å². The Kier molecular flexibility index (Phi) is 3.81. The van der Waals surface area contributed by atoms with E-state index in [1.54, 1.807) is 18.3 Å². The molecule has 5 heterocycles. The van der Waals surface area contributed by atoms with Gasteiger partial charge in [0.25, 0.3) is 0 Å². The van der Waals surface area contributed by atoms with Crippen LogP contribution in [0.4, 0.5) is 10.2 Å². The molecule has 8 nitrogen and oxygen atoms in total. The highest BCUT2D eigenvalue weighted by Crippen LogP contribution is 2.29. The fourth-order valence-corrected chi connectivity index (χ4v) is 3.64. The molecule has 2 saturated heterocycles. The number of halogens is 1. The number of pyridine rings is 2. The molecule has 0 saturated carbocycles. The third kappa shape index (κ3) is 2.75. The monoisotopic (exact) mass is 372 g/mol. The zero-order valence-corrected chi connectivity index (χ0v) is 14.5. The SMILES string of the molecule is OC1(C2CN(c3ccc(F)c(-c4[nH]nc5ncccc45)n3)CCN2)COC1.[HH]. The Hall–Kier alpha value is -2.62. The number of nitrogens with zero attached hydrogens (tertiary/aromatic N) is 4. The van der Waals surface area contributed by atoms with Crippen LogP contribution in [-0.2, 0) is 4.74 Å². The summed E-state index contributed by atoms with van der Waals surface area (Å²) in [6.45, 7) is 2.65. The first-order valence-corrected chi connectivity index (χ1v) is 8.88. The van der Waals surface area contributed by atoms with Crippen LogP contribution >= 0.6 is 0 Å². The van der Waals surface area contributed by atoms with Crippen LogP contribution in [0.5, 0.6) is 0 Å². The van der Waals surface area contributed by atoms with Crippen molar-refractivity contribution in [3.63, 3.8) is 0 Å². The molecule has 1 atom stereocenters. The lowest BCUT2D eigenvalue weighted by Gasteiger charge is -2.47. The zero-order valence-electron chi connectivity index (χ0n) is 14.5. The summed E-state index contributed by atoms with van der Waals surface area (Å²) in [5, 5.41) is 21.6. The van der Waals surface area contributed by atoms with Crippen molar-refractivity contribution in [3.8, 4) is 11.4 Å². The molecule has 0 spiro atoms. The Bertz CT molecular complexity index is 995. The van der Waals surface area contributed by atoms with E-state index < -0.39 is 11.4 Å². The van der Waals surface area contributed by atoms with Gasteiger partial charge in [0.15, 0.2) is 11.5 Å². The van der Waals surface area contributed by atoms with Gasteiger partial charge >= 0.3 is 0 Å². The second-order valence-electron chi connectivity index (χ2n) is 7.02. The predicted molar refractivity (Wildman–Crippen MR) is 99.0 cm³/mol. The van der Waals surface area contributed by atoms with Crippen molar-refractivity contribution in [3.05, 3.63) is 36.3 Å². The highest BCUT2D eigenvalue weighted by atomic mass is 19.1. The van der Waals surface area contributed by atoms with E-state index in [9.17, 15) is 9.50 Å². The van der Waals surface area contributed by atoms with Crippen molar-refractivity contribution in [2.45, 2.75) is 11.6 Å². The normalized spacial score (nSPS) is 22.0. The number of aliphatic hydroxyl groups is 1. The van der Waals surface area contributed by atoms with Crippen molar-refractivity contribution < 1.29 is 15.7 Å². The summed E-state index contributed by atoms with van der Waals surface area (Å²) >= 11 is 0. The number of nitrogens with one attached hydrogen (secondary N) is 2. The van der Waals surface area contributed by atoms with Gasteiger partial charge in [0.05, 0.1) is 24.9 Å². The van der Waals surface area contributed by atoms with Gasteiger partial charge < -0.3 is 20.1 Å². The first-order valence-electron chi connectivity index (χ1n) is 8.88. The maximum Gasteiger partial charge on any atom is 0.181 e. The largest absolute Gasteiger partial charge is 0.383 e. The van der Waals surface area contributed by atoms with Crippen LogP contribution in [0.1, 0.15) is 1.43 Å². The van der Waals surface area contributed by atoms with Crippen molar-refractivity contribution in [2.75, 3.05) is 37.7 Å². The Morgan fingerprint density at radius 1 is 1.33 bits per heavy atom. The molecule has 2 fully saturated rings. The molecule has 0 aliphatic carbocycles. The van der Waals surface area contributed by atoms with Gasteiger partial charge in [0.2, 0.25) is 0 Å². The van der Waals surface area contributed by atoms with Crippen molar-refractivity contribution >= 4 is 16.9 Å². The summed E-state index contributed by atoms with van der Waals surface area (Å²) in [6, 6.07) is 6.58. The molecular formula is C18H21FN6O2. The molecule has 27 heavy (non-hydrogen) atoms. The van der Waals surface area contributed by atoms with E-state index >= 15 is 0 Å². The van der Waals surface area contributed by atoms with Crippen LogP contribution in [0.2, 0.25) is 0 Å². The Labute approximate surface area is 155 Å². The molecule has 0 radical (unpaired) electrons. The minimum atomic E-state index is -0.854. The van der Waals surface area contributed by atoms with Crippen molar-refractivity contribution in [1.82, 2.24) is 25.5 Å². The van der Waals surface area contributed by atoms with E-state index in [4.69, 9.17) is 4.74 Å². The standard InChI is InChI=1S/C18H19FN6O2.H2/c19-12-3-4-14(25-7-6-20-13(8-25)18(26)9-27-10-18)22-16(12)15-11-2-1-5-21-17(11)24-23-15;/h1-5,13,20,26H,6-10H2,(H,21,23,24);1H. The molecule has 3 aromatic rings. The smallest absolute Gasteiger partial charge is 0.181 e. The molecule has 0 bridgehead atoms. The van der Waals surface area contributed by atoms with Gasteiger partial charge in [-0.05, 0) is 24.3 Å². The van der Waals surface area contributed by atoms with Crippen LogP contribution < -0.4 is 10.2 Å². The number of piperazine rings is 1. The molecule has 1 unspecified atom stereocenters. The van der Waals surface area contributed by atoms with Crippen molar-refractivity contribution in [2.24, 2.45) is 0 Å². The minimum absolute atomic E-state index is 0. The second kappa shape index (κ2) is 6.22. The van der Waals surface area contributed by atoms with Gasteiger partial charge in [-0.1, -0.05) is 0 Å². The third-order valence-electron chi connectivity index (χ3n) is 5.25. The van der Waals surface area contributed by atoms with Crippen LogP contribution in [0.15, 0.2) is 30.5 Å². The lowest BCUT2D eigenvalue weighted by molar-refractivity contribution is -0.194. The molecule has 0 amide bonds. The lowest BCUT2D eigenvalue weighted by Crippen LogP contribution is -2.69. The fraction of sp³-hybridized carbons (Fsp3) is 0.389. The third-order valence-corrected chi connectivity index (χ3v) is 5.25. The number of ether oxygens (including phenoxy) is 1. The average molecular weight is 372 g/mol. The van der Waals surface area contributed by atoms with Gasteiger partial charge in [0, 0.05) is 32.6 Å². The maximum atomic E-state index is 14.5. The highest BCUT2D eigenvalue weighted by Gasteiger charge is 2.45. The molecule has 3 aromatic heterocycles. The van der Waals surface area contributed by atoms with Crippen LogP contribution in [0.25, 0.3) is 22.4 Å². The number of hydrogen-bond donors (Lipinski definition) is 3. The number of aromatic nitrogens is 4. The number of rotatable bonds is 3. The summed E-state index contributed by atoms with van der Waals surface area (Å²) in [7, 11) is 0. The summed E-state index contributed by atoms with van der Waals surface area (Å²) in [5.41, 5.74) is 0.389. The van der Waals surface area contributed by atoms with E-state index in [0.717, 1.165) is 11.9 Å². The zero-order chi connectivity index (χ0) is 18.4. The lowest BCUT2D eigenvalue weighted by atomic mass is 9.90. The molecule has 3 N–H and O–H groups in total. The number of anilines is 1. The average Bonchev–Trinajstić information content (AvgIpc) is 3.10. The van der Waals surface area contributed by atoms with E-state index in [2.05, 4.69) is 30.4 Å². The first-order chi connectivity index (χ1) is 13.1. The van der Waals surface area contributed by atoms with E-state index in [-0.39, 0.29) is 13.2 Å². The fourth-order valence-electron chi connectivity index (χ4n) is 3.64. The second-order valence-corrected chi connectivity index (χ2v) is 7.02. The van der Waals surface area contributed by atoms with E-state index in [1.807, 2.05) is 6.07 Å². The van der Waals surface area contributed by atoms with E-state index in [0.29, 0.717) is 43.5 Å².